The topological polar surface area (TPSA) is 114 Å². The number of hydrazine groups is 1. The molecule has 2 N–H and O–H groups in total. The van der Waals surface area contributed by atoms with Crippen LogP contribution >= 0.6 is 0 Å². The first kappa shape index (κ1) is 25.1. The summed E-state index contributed by atoms with van der Waals surface area (Å²) in [5.74, 6) is -2.52. The van der Waals surface area contributed by atoms with E-state index in [2.05, 4.69) is 5.32 Å². The number of amides is 4. The number of carbonyl (C=O) groups excluding carboxylic acids is 3. The van der Waals surface area contributed by atoms with E-state index < -0.39 is 48.5 Å². The van der Waals surface area contributed by atoms with Crippen molar-refractivity contribution < 1.29 is 28.7 Å². The van der Waals surface area contributed by atoms with Gasteiger partial charge in [0.1, 0.15) is 18.0 Å². The molecule has 4 rings (SSSR count). The molecule has 36 heavy (non-hydrogen) atoms. The van der Waals surface area contributed by atoms with E-state index in [0.29, 0.717) is 5.56 Å². The van der Waals surface area contributed by atoms with Crippen LogP contribution in [0.2, 0.25) is 0 Å². The van der Waals surface area contributed by atoms with E-state index in [0.717, 1.165) is 5.56 Å². The van der Waals surface area contributed by atoms with Crippen molar-refractivity contribution >= 4 is 23.8 Å². The minimum atomic E-state index is -1.25. The third-order valence-corrected chi connectivity index (χ3v) is 6.57. The molecular formula is C25H28FN5O5. The number of carboxylic acids is 1. The van der Waals surface area contributed by atoms with Crippen molar-refractivity contribution in [2.75, 3.05) is 20.1 Å². The van der Waals surface area contributed by atoms with Crippen LogP contribution in [0.1, 0.15) is 30.5 Å². The second-order valence-corrected chi connectivity index (χ2v) is 8.92. The van der Waals surface area contributed by atoms with Gasteiger partial charge in [-0.15, -0.1) is 0 Å². The number of urea groups is 1. The number of carboxylic acid groups (broad SMARTS) is 1. The minimum absolute atomic E-state index is 0.00502. The van der Waals surface area contributed by atoms with Gasteiger partial charge in [-0.05, 0) is 30.2 Å². The molecule has 0 radical (unpaired) electrons. The first-order chi connectivity index (χ1) is 17.2. The van der Waals surface area contributed by atoms with E-state index in [1.165, 1.54) is 32.0 Å². The van der Waals surface area contributed by atoms with Crippen LogP contribution in [-0.4, -0.2) is 81.1 Å². The molecule has 11 heteroatoms. The Kier molecular flexibility index (Phi) is 7.20. The molecule has 3 atom stereocenters. The number of fused-ring (bicyclic) bond motifs is 1. The highest BCUT2D eigenvalue weighted by molar-refractivity contribution is 5.93. The summed E-state index contributed by atoms with van der Waals surface area (Å²) in [7, 11) is 1.58. The Hall–Kier alpha value is -3.99. The zero-order valence-electron chi connectivity index (χ0n) is 20.0. The zero-order chi connectivity index (χ0) is 26.0. The molecule has 0 aromatic heterocycles. The standard InChI is InChI=1S/C25H28FN5O5/c1-16(18-6-4-3-5-7-18)29-14-21-30(20(24(29)35)12-23(33)34)22(32)15-28(2)31(21)25(36)27-13-17-8-10-19(26)11-9-17/h3-11,16,20-21H,12-15H2,1-2H3,(H,27,36)(H,33,34)/t16-,20-,21-/m0/s1. The number of piperazine rings is 1. The van der Waals surface area contributed by atoms with Crippen LogP contribution in [0.4, 0.5) is 9.18 Å². The number of nitrogens with one attached hydrogen (secondary N) is 1. The van der Waals surface area contributed by atoms with Gasteiger partial charge in [0.05, 0.1) is 25.6 Å². The first-order valence-corrected chi connectivity index (χ1v) is 11.6. The number of likely N-dealkylation sites (N-methyl/N-ethyl adjacent to an activating group) is 1. The van der Waals surface area contributed by atoms with Crippen LogP contribution < -0.4 is 5.32 Å². The Morgan fingerprint density at radius 1 is 1.11 bits per heavy atom. The van der Waals surface area contributed by atoms with Crippen LogP contribution in [0.25, 0.3) is 0 Å². The van der Waals surface area contributed by atoms with E-state index in [-0.39, 0.29) is 25.5 Å². The second kappa shape index (κ2) is 10.3. The Balaban J connectivity index is 1.64. The van der Waals surface area contributed by atoms with Crippen LogP contribution in [-0.2, 0) is 20.9 Å². The average Bonchev–Trinajstić information content (AvgIpc) is 2.85. The van der Waals surface area contributed by atoms with Gasteiger partial charge in [0.15, 0.2) is 0 Å². The molecule has 0 saturated carbocycles. The second-order valence-electron chi connectivity index (χ2n) is 8.92. The summed E-state index contributed by atoms with van der Waals surface area (Å²) in [6.45, 7) is 1.75. The molecule has 2 aliphatic heterocycles. The monoisotopic (exact) mass is 497 g/mol. The van der Waals surface area contributed by atoms with Crippen molar-refractivity contribution in [3.05, 3.63) is 71.5 Å². The van der Waals surface area contributed by atoms with Gasteiger partial charge in [0.2, 0.25) is 11.8 Å². The lowest BCUT2D eigenvalue weighted by molar-refractivity contribution is -0.190. The molecular weight excluding hydrogens is 469 g/mol. The smallest absolute Gasteiger partial charge is 0.334 e. The predicted molar refractivity (Wildman–Crippen MR) is 126 cm³/mol. The quantitative estimate of drug-likeness (QED) is 0.629. The molecule has 0 bridgehead atoms. The Morgan fingerprint density at radius 3 is 2.42 bits per heavy atom. The predicted octanol–water partition coefficient (Wildman–Crippen LogP) is 1.80. The van der Waals surface area contributed by atoms with Crippen molar-refractivity contribution in [2.45, 2.75) is 38.1 Å². The fraction of sp³-hybridized carbons (Fsp3) is 0.360. The number of benzene rings is 2. The summed E-state index contributed by atoms with van der Waals surface area (Å²) >= 11 is 0. The molecule has 2 aliphatic rings. The lowest BCUT2D eigenvalue weighted by Crippen LogP contribution is -2.76. The molecule has 2 fully saturated rings. The van der Waals surface area contributed by atoms with Crippen LogP contribution in [0, 0.1) is 5.82 Å². The molecule has 0 spiro atoms. The van der Waals surface area contributed by atoms with Gasteiger partial charge in [0, 0.05) is 13.6 Å². The van der Waals surface area contributed by atoms with Crippen molar-refractivity contribution in [3.8, 4) is 0 Å². The maximum Gasteiger partial charge on any atom is 0.334 e. The fourth-order valence-electron chi connectivity index (χ4n) is 4.75. The van der Waals surface area contributed by atoms with Crippen molar-refractivity contribution in [1.82, 2.24) is 25.1 Å². The van der Waals surface area contributed by atoms with E-state index in [1.807, 2.05) is 37.3 Å². The Labute approximate surface area is 207 Å². The largest absolute Gasteiger partial charge is 0.481 e. The number of carbonyl (C=O) groups is 4. The molecule has 2 saturated heterocycles. The van der Waals surface area contributed by atoms with Gasteiger partial charge in [-0.2, -0.15) is 0 Å². The Bertz CT molecular complexity index is 1150. The fourth-order valence-corrected chi connectivity index (χ4v) is 4.75. The van der Waals surface area contributed by atoms with Crippen LogP contribution in [0.5, 0.6) is 0 Å². The van der Waals surface area contributed by atoms with E-state index in [1.54, 1.807) is 19.2 Å². The molecule has 2 aromatic rings. The highest BCUT2D eigenvalue weighted by Gasteiger charge is 2.52. The van der Waals surface area contributed by atoms with Crippen molar-refractivity contribution in [1.29, 1.82) is 0 Å². The molecule has 190 valence electrons. The van der Waals surface area contributed by atoms with Crippen LogP contribution in [0.15, 0.2) is 54.6 Å². The summed E-state index contributed by atoms with van der Waals surface area (Å²) in [5, 5.41) is 15.1. The number of rotatable bonds is 6. The maximum absolute atomic E-state index is 13.5. The molecule has 10 nitrogen and oxygen atoms in total. The van der Waals surface area contributed by atoms with E-state index >= 15 is 0 Å². The minimum Gasteiger partial charge on any atom is -0.481 e. The third-order valence-electron chi connectivity index (χ3n) is 6.57. The average molecular weight is 498 g/mol. The summed E-state index contributed by atoms with van der Waals surface area (Å²) in [4.78, 5) is 54.2. The highest BCUT2D eigenvalue weighted by atomic mass is 19.1. The zero-order valence-corrected chi connectivity index (χ0v) is 20.0. The molecule has 0 unspecified atom stereocenters. The molecule has 2 heterocycles. The molecule has 4 amide bonds. The lowest BCUT2D eigenvalue weighted by Gasteiger charge is -2.55. The summed E-state index contributed by atoms with van der Waals surface area (Å²) in [5.41, 5.74) is 1.52. The number of halogens is 1. The van der Waals surface area contributed by atoms with Gasteiger partial charge >= 0.3 is 12.0 Å². The third kappa shape index (κ3) is 5.01. The van der Waals surface area contributed by atoms with E-state index in [4.69, 9.17) is 0 Å². The normalized spacial score (nSPS) is 21.2. The van der Waals surface area contributed by atoms with Gasteiger partial charge in [-0.3, -0.25) is 14.4 Å². The number of nitrogens with zero attached hydrogens (tertiary/aromatic N) is 4. The maximum atomic E-state index is 13.5. The highest BCUT2D eigenvalue weighted by Crippen LogP contribution is 2.32. The van der Waals surface area contributed by atoms with Gasteiger partial charge in [0.25, 0.3) is 0 Å². The lowest BCUT2D eigenvalue weighted by atomic mass is 9.99. The van der Waals surface area contributed by atoms with Crippen molar-refractivity contribution in [2.24, 2.45) is 0 Å². The number of hydrogen-bond acceptors (Lipinski definition) is 5. The first-order valence-electron chi connectivity index (χ1n) is 11.6. The van der Waals surface area contributed by atoms with E-state index in [9.17, 15) is 28.7 Å². The summed E-state index contributed by atoms with van der Waals surface area (Å²) in [6.07, 6.45) is -1.48. The SMILES string of the molecule is C[C@@H](c1ccccc1)N1C[C@H]2N(C(=O)CN(C)N2C(=O)NCc2ccc(F)cc2)[C@@H](CC(=O)O)C1=O. The summed E-state index contributed by atoms with van der Waals surface area (Å²) < 4.78 is 13.2. The Morgan fingerprint density at radius 2 is 1.78 bits per heavy atom. The van der Waals surface area contributed by atoms with Gasteiger partial charge in [-0.1, -0.05) is 42.5 Å². The number of hydrogen-bond donors (Lipinski definition) is 2. The number of aliphatic carboxylic acids is 1. The molecule has 2 aromatic carbocycles. The van der Waals surface area contributed by atoms with Gasteiger partial charge in [-0.25, -0.2) is 19.2 Å². The molecule has 0 aliphatic carbocycles. The van der Waals surface area contributed by atoms with Crippen molar-refractivity contribution in [3.63, 3.8) is 0 Å². The van der Waals surface area contributed by atoms with Crippen LogP contribution in [0.3, 0.4) is 0 Å². The van der Waals surface area contributed by atoms with Gasteiger partial charge < -0.3 is 20.2 Å². The summed E-state index contributed by atoms with van der Waals surface area (Å²) in [6, 6.07) is 12.8.